The third kappa shape index (κ3) is 7.14. The van der Waals surface area contributed by atoms with Crippen LogP contribution in [0.15, 0.2) is 34.8 Å². The van der Waals surface area contributed by atoms with Crippen molar-refractivity contribution < 1.29 is 32.2 Å². The van der Waals surface area contributed by atoms with Crippen molar-refractivity contribution in [3.05, 3.63) is 51.8 Å². The molecule has 8 nitrogen and oxygen atoms in total. The minimum Gasteiger partial charge on any atom is -0.394 e. The van der Waals surface area contributed by atoms with E-state index in [4.69, 9.17) is 0 Å². The van der Waals surface area contributed by atoms with E-state index >= 15 is 8.63 Å². The molecule has 12 heteroatoms. The molecule has 3 heterocycles. The van der Waals surface area contributed by atoms with Gasteiger partial charge < -0.3 is 33.1 Å². The number of nitrogens with one attached hydrogen (secondary N) is 2. The Labute approximate surface area is 253 Å². The first-order valence-electron chi connectivity index (χ1n) is 15.6. The number of carbonyl (C=O) groups is 2. The fourth-order valence-corrected chi connectivity index (χ4v) is 8.63. The molecule has 0 bridgehead atoms. The van der Waals surface area contributed by atoms with Crippen LogP contribution >= 0.6 is 7.37 Å². The summed E-state index contributed by atoms with van der Waals surface area (Å²) in [6.45, 7) is 5.54. The van der Waals surface area contributed by atoms with Gasteiger partial charge in [-0.1, -0.05) is 25.8 Å². The van der Waals surface area contributed by atoms with Gasteiger partial charge in [0, 0.05) is 66.7 Å². The SMILES string of the molecule is CCCCP(=O)(O)C1=C[C@@H](NC(=O)CCCCCNC(=O)CCC2=C3C(C)=CC(C)=[N+]3[B-](F)(F)n3c(C)cc(C)c32)CC1. The van der Waals surface area contributed by atoms with E-state index in [1.807, 2.05) is 20.8 Å². The smallest absolute Gasteiger partial charge is 0.394 e. The van der Waals surface area contributed by atoms with Gasteiger partial charge in [0.15, 0.2) is 5.70 Å². The van der Waals surface area contributed by atoms with Crippen molar-refractivity contribution in [2.75, 3.05) is 12.7 Å². The maximum atomic E-state index is 15.7. The average molecular weight is 619 g/mol. The molecule has 1 unspecified atom stereocenters. The van der Waals surface area contributed by atoms with Crippen LogP contribution in [0.3, 0.4) is 0 Å². The van der Waals surface area contributed by atoms with Gasteiger partial charge in [-0.3, -0.25) is 14.2 Å². The predicted octanol–water partition coefficient (Wildman–Crippen LogP) is 6.18. The number of amides is 2. The minimum absolute atomic E-state index is 0.0742. The summed E-state index contributed by atoms with van der Waals surface area (Å²) in [5.41, 5.74) is 4.40. The second-order valence-corrected chi connectivity index (χ2v) is 14.7. The third-order valence-corrected chi connectivity index (χ3v) is 10.9. The van der Waals surface area contributed by atoms with E-state index in [1.54, 1.807) is 32.1 Å². The summed E-state index contributed by atoms with van der Waals surface area (Å²) in [6.07, 6.45) is 9.73. The molecule has 0 saturated heterocycles. The highest BCUT2D eigenvalue weighted by Gasteiger charge is 2.54. The summed E-state index contributed by atoms with van der Waals surface area (Å²) in [7, 11) is -3.29. The van der Waals surface area contributed by atoms with E-state index in [0.29, 0.717) is 79.3 Å². The van der Waals surface area contributed by atoms with E-state index < -0.39 is 14.3 Å². The van der Waals surface area contributed by atoms with Gasteiger partial charge in [0.1, 0.15) is 5.71 Å². The van der Waals surface area contributed by atoms with Crippen molar-refractivity contribution in [2.24, 2.45) is 0 Å². The van der Waals surface area contributed by atoms with Crippen molar-refractivity contribution in [1.29, 1.82) is 0 Å². The summed E-state index contributed by atoms with van der Waals surface area (Å²) in [5, 5.41) is 6.48. The lowest BCUT2D eigenvalue weighted by Crippen LogP contribution is -2.51. The number of hydrogen-bond donors (Lipinski definition) is 3. The molecule has 2 amide bonds. The van der Waals surface area contributed by atoms with Crippen LogP contribution in [0.4, 0.5) is 8.63 Å². The number of rotatable bonds is 14. The van der Waals surface area contributed by atoms with Crippen molar-refractivity contribution in [3.8, 4) is 0 Å². The molecule has 4 rings (SSSR count). The first-order chi connectivity index (χ1) is 20.3. The summed E-state index contributed by atoms with van der Waals surface area (Å²) < 4.78 is 46.2. The fraction of sp³-hybridized carbons (Fsp3) is 0.581. The minimum atomic E-state index is -4.02. The number of halogens is 2. The molecule has 3 aliphatic rings. The lowest BCUT2D eigenvalue weighted by Gasteiger charge is -2.34. The molecule has 0 saturated carbocycles. The topological polar surface area (TPSA) is 103 Å². The largest absolute Gasteiger partial charge is 0.737 e. The third-order valence-electron chi connectivity index (χ3n) is 8.75. The number of nitrogens with zero attached hydrogens (tertiary/aromatic N) is 2. The number of unbranched alkanes of at least 4 members (excludes halogenated alkanes) is 3. The highest BCUT2D eigenvalue weighted by Crippen LogP contribution is 2.54. The average Bonchev–Trinajstić information content (AvgIpc) is 3.61. The highest BCUT2D eigenvalue weighted by atomic mass is 31.2. The van der Waals surface area contributed by atoms with Gasteiger partial charge in [-0.25, -0.2) is 0 Å². The summed E-state index contributed by atoms with van der Waals surface area (Å²) in [4.78, 5) is 35.4. The number of hydrogen-bond acceptors (Lipinski definition) is 3. The normalized spacial score (nSPS) is 20.4. The van der Waals surface area contributed by atoms with Crippen LogP contribution in [-0.2, 0) is 14.2 Å². The molecule has 2 atom stereocenters. The first kappa shape index (κ1) is 33.1. The summed E-state index contributed by atoms with van der Waals surface area (Å²) >= 11 is 0. The Morgan fingerprint density at radius 2 is 1.86 bits per heavy atom. The Morgan fingerprint density at radius 3 is 2.58 bits per heavy atom. The van der Waals surface area contributed by atoms with Gasteiger partial charge in [-0.15, -0.1) is 0 Å². The fourth-order valence-electron chi connectivity index (χ4n) is 6.71. The molecular weight excluding hydrogens is 572 g/mol. The quantitative estimate of drug-likeness (QED) is 0.132. The summed E-state index contributed by atoms with van der Waals surface area (Å²) in [6, 6.07) is 1.59. The van der Waals surface area contributed by atoms with Crippen molar-refractivity contribution in [2.45, 2.75) is 105 Å². The van der Waals surface area contributed by atoms with Crippen LogP contribution in [0.1, 0.15) is 102 Å². The maximum absolute atomic E-state index is 15.7. The standard InChI is InChI=1S/C31H46BF2N4O4P/c1-6-7-17-43(41,42)26-13-12-25(20-26)36-29(40)11-9-8-10-16-35-28(39)15-14-27-30-21(2)18-23(4)37(30)32(33,34)38-24(5)19-22(3)31(27)38/h18-20,25H,6-17H2,1-5H3,(H,35,39)(H,36,40)(H,41,42)/t25-/m0/s1. The van der Waals surface area contributed by atoms with Gasteiger partial charge in [-0.2, -0.15) is 0 Å². The van der Waals surface area contributed by atoms with Crippen molar-refractivity contribution in [1.82, 2.24) is 15.1 Å². The van der Waals surface area contributed by atoms with Crippen LogP contribution in [0.5, 0.6) is 0 Å². The van der Waals surface area contributed by atoms with Crippen LogP contribution < -0.4 is 10.6 Å². The first-order valence-corrected chi connectivity index (χ1v) is 17.5. The zero-order chi connectivity index (χ0) is 31.5. The number of fused-ring (bicyclic) bond motifs is 2. The van der Waals surface area contributed by atoms with E-state index in [9.17, 15) is 19.0 Å². The van der Waals surface area contributed by atoms with E-state index in [2.05, 4.69) is 10.6 Å². The van der Waals surface area contributed by atoms with Crippen LogP contribution in [0.2, 0.25) is 0 Å². The molecule has 43 heavy (non-hydrogen) atoms. The predicted molar refractivity (Wildman–Crippen MR) is 168 cm³/mol. The van der Waals surface area contributed by atoms with E-state index in [-0.39, 0.29) is 24.3 Å². The lowest BCUT2D eigenvalue weighted by atomic mass is 9.84. The van der Waals surface area contributed by atoms with E-state index in [0.717, 1.165) is 44.9 Å². The molecule has 236 valence electrons. The summed E-state index contributed by atoms with van der Waals surface area (Å²) in [5.74, 6) is -0.202. The Hall–Kier alpha value is -2.78. The van der Waals surface area contributed by atoms with Gasteiger partial charge >= 0.3 is 6.97 Å². The van der Waals surface area contributed by atoms with Crippen LogP contribution in [0, 0.1) is 13.8 Å². The maximum Gasteiger partial charge on any atom is 0.737 e. The Morgan fingerprint density at radius 1 is 1.12 bits per heavy atom. The molecule has 3 N–H and O–H groups in total. The molecule has 0 fully saturated rings. The molecular formula is C31H46BF2N4O4P. The molecule has 0 aromatic carbocycles. The van der Waals surface area contributed by atoms with Gasteiger partial charge in [0.2, 0.25) is 19.2 Å². The van der Waals surface area contributed by atoms with E-state index in [1.165, 1.54) is 0 Å². The highest BCUT2D eigenvalue weighted by molar-refractivity contribution is 7.62. The molecule has 1 aliphatic carbocycles. The Kier molecular flexibility index (Phi) is 10.4. The van der Waals surface area contributed by atoms with Crippen LogP contribution in [0.25, 0.3) is 5.57 Å². The number of aryl methyl sites for hydroxylation is 2. The van der Waals surface area contributed by atoms with Gasteiger partial charge in [-0.05, 0) is 76.6 Å². The molecule has 0 spiro atoms. The molecule has 1 aromatic rings. The monoisotopic (exact) mass is 618 g/mol. The Balaban J connectivity index is 1.21. The Bertz CT molecular complexity index is 1460. The second kappa shape index (κ2) is 13.5. The molecule has 0 radical (unpaired) electrons. The molecule has 2 aliphatic heterocycles. The van der Waals surface area contributed by atoms with Crippen molar-refractivity contribution >= 4 is 37.4 Å². The lowest BCUT2D eigenvalue weighted by molar-refractivity contribution is -0.363. The second-order valence-electron chi connectivity index (χ2n) is 12.3. The zero-order valence-electron chi connectivity index (χ0n) is 26.1. The number of aromatic nitrogens is 1. The molecule has 1 aromatic heterocycles. The van der Waals surface area contributed by atoms with Gasteiger partial charge in [0.05, 0.1) is 0 Å². The number of carbonyl (C=O) groups excluding carboxylic acids is 2. The number of allylic oxidation sites excluding steroid dienone is 4. The van der Waals surface area contributed by atoms with Crippen molar-refractivity contribution in [3.63, 3.8) is 0 Å². The van der Waals surface area contributed by atoms with Gasteiger partial charge in [0.25, 0.3) is 0 Å². The van der Waals surface area contributed by atoms with Crippen LogP contribution in [-0.4, -0.2) is 57.1 Å². The zero-order valence-corrected chi connectivity index (χ0v) is 27.0.